The van der Waals surface area contributed by atoms with E-state index in [1.807, 2.05) is 12.3 Å². The topological polar surface area (TPSA) is 22.1 Å². The zero-order valence-electron chi connectivity index (χ0n) is 7.22. The van der Waals surface area contributed by atoms with Crippen molar-refractivity contribution in [1.29, 1.82) is 0 Å². The molecule has 0 N–H and O–H groups in total. The molecule has 0 bridgehead atoms. The summed E-state index contributed by atoms with van der Waals surface area (Å²) in [7, 11) is 1.64. The molecule has 1 aromatic rings. The Morgan fingerprint density at radius 1 is 1.55 bits per heavy atom. The van der Waals surface area contributed by atoms with E-state index in [-0.39, 0.29) is 0 Å². The molecule has 0 aliphatic rings. The summed E-state index contributed by atoms with van der Waals surface area (Å²) in [5, 5.41) is 0. The Bertz CT molecular complexity index is 245. The maximum absolute atomic E-state index is 5.00. The predicted octanol–water partition coefficient (Wildman–Crippen LogP) is 1.96. The highest BCUT2D eigenvalue weighted by molar-refractivity contribution is 5.27. The minimum absolute atomic E-state index is 0.701. The Morgan fingerprint density at radius 3 is 2.82 bits per heavy atom. The lowest BCUT2D eigenvalue weighted by molar-refractivity contribution is 0.397. The van der Waals surface area contributed by atoms with Crippen LogP contribution in [-0.2, 0) is 6.42 Å². The molecule has 0 saturated carbocycles. The quantitative estimate of drug-likeness (QED) is 0.644. The molecule has 0 fully saturated rings. The van der Waals surface area contributed by atoms with Gasteiger partial charge in [0.1, 0.15) is 0 Å². The molecule has 0 aromatic carbocycles. The third kappa shape index (κ3) is 1.70. The second-order valence-electron chi connectivity index (χ2n) is 2.51. The van der Waals surface area contributed by atoms with Crippen LogP contribution in [0.5, 0.6) is 5.88 Å². The van der Waals surface area contributed by atoms with Crippen LogP contribution in [0, 0.1) is 6.92 Å². The lowest BCUT2D eigenvalue weighted by Gasteiger charge is -2.03. The van der Waals surface area contributed by atoms with Crippen molar-refractivity contribution in [3.05, 3.63) is 23.4 Å². The lowest BCUT2D eigenvalue weighted by atomic mass is 10.1. The van der Waals surface area contributed by atoms with E-state index in [9.17, 15) is 0 Å². The van der Waals surface area contributed by atoms with Gasteiger partial charge in [0.2, 0.25) is 5.88 Å². The standard InChI is InChI=1S/C9H13NO/c1-4-8-5-9(11-3)10-6-7(8)2/h5-6H,4H2,1-3H3. The number of pyridine rings is 1. The van der Waals surface area contributed by atoms with Crippen LogP contribution < -0.4 is 4.74 Å². The fourth-order valence-electron chi connectivity index (χ4n) is 1.04. The van der Waals surface area contributed by atoms with Crippen molar-refractivity contribution in [1.82, 2.24) is 4.98 Å². The Balaban J connectivity index is 3.02. The van der Waals surface area contributed by atoms with Crippen molar-refractivity contribution in [3.63, 3.8) is 0 Å². The summed E-state index contributed by atoms with van der Waals surface area (Å²) in [4.78, 5) is 4.08. The van der Waals surface area contributed by atoms with Crippen molar-refractivity contribution in [2.24, 2.45) is 0 Å². The Morgan fingerprint density at radius 2 is 2.27 bits per heavy atom. The number of nitrogens with zero attached hydrogens (tertiary/aromatic N) is 1. The third-order valence-electron chi connectivity index (χ3n) is 1.78. The zero-order chi connectivity index (χ0) is 8.27. The molecule has 60 valence electrons. The van der Waals surface area contributed by atoms with Crippen LogP contribution in [0.15, 0.2) is 12.3 Å². The molecular formula is C9H13NO. The largest absolute Gasteiger partial charge is 0.481 e. The first-order chi connectivity index (χ1) is 5.27. The highest BCUT2D eigenvalue weighted by Crippen LogP contribution is 2.13. The molecule has 1 aromatic heterocycles. The van der Waals surface area contributed by atoms with Crippen LogP contribution in [0.1, 0.15) is 18.1 Å². The van der Waals surface area contributed by atoms with E-state index >= 15 is 0 Å². The lowest BCUT2D eigenvalue weighted by Crippen LogP contribution is -1.92. The van der Waals surface area contributed by atoms with Crippen LogP contribution in [0.25, 0.3) is 0 Å². The zero-order valence-corrected chi connectivity index (χ0v) is 7.22. The van der Waals surface area contributed by atoms with Gasteiger partial charge < -0.3 is 4.74 Å². The van der Waals surface area contributed by atoms with E-state index in [0.29, 0.717) is 5.88 Å². The molecule has 0 unspecified atom stereocenters. The van der Waals surface area contributed by atoms with E-state index in [1.54, 1.807) is 7.11 Å². The van der Waals surface area contributed by atoms with Gasteiger partial charge in [-0.05, 0) is 24.5 Å². The molecule has 1 rings (SSSR count). The third-order valence-corrected chi connectivity index (χ3v) is 1.78. The van der Waals surface area contributed by atoms with Crippen LogP contribution in [0.4, 0.5) is 0 Å². The highest BCUT2D eigenvalue weighted by Gasteiger charge is 1.98. The molecule has 0 saturated heterocycles. The molecule has 0 amide bonds. The molecule has 0 atom stereocenters. The average molecular weight is 151 g/mol. The summed E-state index contributed by atoms with van der Waals surface area (Å²) in [5.74, 6) is 0.701. The number of rotatable bonds is 2. The van der Waals surface area contributed by atoms with Crippen molar-refractivity contribution in [2.75, 3.05) is 7.11 Å². The van der Waals surface area contributed by atoms with E-state index in [0.717, 1.165) is 6.42 Å². The first kappa shape index (κ1) is 8.05. The molecule has 11 heavy (non-hydrogen) atoms. The molecule has 2 heteroatoms. The van der Waals surface area contributed by atoms with Gasteiger partial charge in [-0.15, -0.1) is 0 Å². The molecule has 0 spiro atoms. The van der Waals surface area contributed by atoms with E-state index in [4.69, 9.17) is 4.74 Å². The van der Waals surface area contributed by atoms with Gasteiger partial charge in [0.15, 0.2) is 0 Å². The van der Waals surface area contributed by atoms with Gasteiger partial charge in [-0.25, -0.2) is 4.98 Å². The van der Waals surface area contributed by atoms with Gasteiger partial charge in [-0.2, -0.15) is 0 Å². The Kier molecular flexibility index (Phi) is 2.47. The molecular weight excluding hydrogens is 138 g/mol. The van der Waals surface area contributed by atoms with Gasteiger partial charge in [0.05, 0.1) is 7.11 Å². The number of hydrogen-bond donors (Lipinski definition) is 0. The van der Waals surface area contributed by atoms with Crippen LogP contribution in [-0.4, -0.2) is 12.1 Å². The van der Waals surface area contributed by atoms with Gasteiger partial charge in [-0.3, -0.25) is 0 Å². The van der Waals surface area contributed by atoms with E-state index < -0.39 is 0 Å². The van der Waals surface area contributed by atoms with Crippen molar-refractivity contribution in [2.45, 2.75) is 20.3 Å². The summed E-state index contributed by atoms with van der Waals surface area (Å²) < 4.78 is 5.00. The first-order valence-electron chi connectivity index (χ1n) is 3.77. The van der Waals surface area contributed by atoms with Crippen molar-refractivity contribution in [3.8, 4) is 5.88 Å². The predicted molar refractivity (Wildman–Crippen MR) is 44.9 cm³/mol. The molecule has 0 radical (unpaired) electrons. The summed E-state index contributed by atoms with van der Waals surface area (Å²) in [6, 6.07) is 1.98. The fourth-order valence-corrected chi connectivity index (χ4v) is 1.04. The molecule has 1 heterocycles. The summed E-state index contributed by atoms with van der Waals surface area (Å²) in [6.45, 7) is 4.19. The SMILES string of the molecule is CCc1cc(OC)ncc1C. The fraction of sp³-hybridized carbons (Fsp3) is 0.444. The summed E-state index contributed by atoms with van der Waals surface area (Å²) >= 11 is 0. The number of aryl methyl sites for hydroxylation is 2. The smallest absolute Gasteiger partial charge is 0.213 e. The normalized spacial score (nSPS) is 9.73. The Labute approximate surface area is 67.2 Å². The second-order valence-corrected chi connectivity index (χ2v) is 2.51. The Hall–Kier alpha value is -1.05. The van der Waals surface area contributed by atoms with Crippen molar-refractivity contribution >= 4 is 0 Å². The van der Waals surface area contributed by atoms with Crippen LogP contribution in [0.2, 0.25) is 0 Å². The van der Waals surface area contributed by atoms with Crippen LogP contribution in [0.3, 0.4) is 0 Å². The molecule has 0 aliphatic carbocycles. The van der Waals surface area contributed by atoms with Crippen LogP contribution >= 0.6 is 0 Å². The van der Waals surface area contributed by atoms with E-state index in [1.165, 1.54) is 11.1 Å². The molecule has 2 nitrogen and oxygen atoms in total. The van der Waals surface area contributed by atoms with E-state index in [2.05, 4.69) is 18.8 Å². The van der Waals surface area contributed by atoms with Gasteiger partial charge in [-0.1, -0.05) is 6.92 Å². The summed E-state index contributed by atoms with van der Waals surface area (Å²) in [6.07, 6.45) is 2.88. The van der Waals surface area contributed by atoms with Gasteiger partial charge >= 0.3 is 0 Å². The number of ether oxygens (including phenoxy) is 1. The monoisotopic (exact) mass is 151 g/mol. The minimum atomic E-state index is 0.701. The maximum Gasteiger partial charge on any atom is 0.213 e. The van der Waals surface area contributed by atoms with Crippen molar-refractivity contribution < 1.29 is 4.74 Å². The number of hydrogen-bond acceptors (Lipinski definition) is 2. The maximum atomic E-state index is 5.00. The number of methoxy groups -OCH3 is 1. The van der Waals surface area contributed by atoms with Gasteiger partial charge in [0, 0.05) is 12.3 Å². The average Bonchev–Trinajstić information content (AvgIpc) is 2.05. The molecule has 0 aliphatic heterocycles. The highest BCUT2D eigenvalue weighted by atomic mass is 16.5. The minimum Gasteiger partial charge on any atom is -0.481 e. The first-order valence-corrected chi connectivity index (χ1v) is 3.77. The summed E-state index contributed by atoms with van der Waals surface area (Å²) in [5.41, 5.74) is 2.53. The van der Waals surface area contributed by atoms with Gasteiger partial charge in [0.25, 0.3) is 0 Å². The second kappa shape index (κ2) is 3.37. The number of aromatic nitrogens is 1.